The first-order valence-electron chi connectivity index (χ1n) is 3.18. The number of sulfone groups is 1. The van der Waals surface area contributed by atoms with Crippen LogP contribution in [0.5, 0.6) is 0 Å². The summed E-state index contributed by atoms with van der Waals surface area (Å²) in [4.78, 5) is 10.8. The summed E-state index contributed by atoms with van der Waals surface area (Å²) < 4.78 is 21.6. The summed E-state index contributed by atoms with van der Waals surface area (Å²) >= 11 is 0. The van der Waals surface area contributed by atoms with Gasteiger partial charge < -0.3 is 0 Å². The molecule has 1 aliphatic heterocycles. The zero-order valence-electron chi connectivity index (χ0n) is 5.78. The first kappa shape index (κ1) is 8.21. The summed E-state index contributed by atoms with van der Waals surface area (Å²) in [5.74, 6) is -1.64. The second-order valence-corrected chi connectivity index (χ2v) is 4.71. The fraction of sp³-hybridized carbons (Fsp3) is 0.667. The molecule has 1 fully saturated rings. The average Bonchev–Trinajstić information content (AvgIpc) is 1.86. The van der Waals surface area contributed by atoms with Crippen molar-refractivity contribution in [2.24, 2.45) is 5.92 Å². The minimum atomic E-state index is -3.18. The van der Waals surface area contributed by atoms with Crippen molar-refractivity contribution >= 4 is 15.6 Å². The van der Waals surface area contributed by atoms with E-state index in [1.54, 1.807) is 6.07 Å². The predicted molar refractivity (Wildman–Crippen MR) is 37.4 cm³/mol. The molecule has 0 bridgehead atoms. The molecule has 4 nitrogen and oxygen atoms in total. The van der Waals surface area contributed by atoms with Crippen LogP contribution in [0.1, 0.15) is 6.42 Å². The van der Waals surface area contributed by atoms with Crippen LogP contribution in [0.2, 0.25) is 0 Å². The van der Waals surface area contributed by atoms with Crippen LogP contribution in [0.3, 0.4) is 0 Å². The van der Waals surface area contributed by atoms with E-state index in [-0.39, 0.29) is 12.2 Å². The number of carbonyl (C=O) groups is 1. The minimum Gasteiger partial charge on any atom is -0.297 e. The van der Waals surface area contributed by atoms with Gasteiger partial charge in [-0.25, -0.2) is 8.42 Å². The molecule has 0 aromatic carbocycles. The number of rotatable bonds is 0. The predicted octanol–water partition coefficient (Wildman–Crippen LogP) is -0.486. The van der Waals surface area contributed by atoms with Gasteiger partial charge in [-0.15, -0.1) is 0 Å². The molecular weight excluding hydrogens is 166 g/mol. The first-order valence-corrected chi connectivity index (χ1v) is 5.00. The number of hydrogen-bond donors (Lipinski definition) is 0. The molecule has 1 heterocycles. The molecular formula is C6H7NO3S. The molecule has 0 saturated carbocycles. The van der Waals surface area contributed by atoms with Crippen molar-refractivity contribution in [3.05, 3.63) is 0 Å². The van der Waals surface area contributed by atoms with Gasteiger partial charge in [0.15, 0.2) is 15.6 Å². The third-order valence-corrected chi connectivity index (χ3v) is 3.21. The summed E-state index contributed by atoms with van der Waals surface area (Å²) in [7, 11) is -3.18. The van der Waals surface area contributed by atoms with E-state index < -0.39 is 27.3 Å². The largest absolute Gasteiger partial charge is 0.297 e. The van der Waals surface area contributed by atoms with Gasteiger partial charge in [0.05, 0.1) is 11.8 Å². The van der Waals surface area contributed by atoms with Gasteiger partial charge in [-0.05, 0) is 6.42 Å². The lowest BCUT2D eigenvalue weighted by Gasteiger charge is -2.13. The third kappa shape index (κ3) is 1.77. The number of Topliss-reactive ketones (excluding diaryl/α,β-unsaturated/α-hetero) is 1. The van der Waals surface area contributed by atoms with E-state index >= 15 is 0 Å². The van der Waals surface area contributed by atoms with E-state index in [4.69, 9.17) is 5.26 Å². The Morgan fingerprint density at radius 3 is 2.64 bits per heavy atom. The molecule has 1 atom stereocenters. The van der Waals surface area contributed by atoms with Crippen molar-refractivity contribution in [1.29, 1.82) is 5.26 Å². The highest BCUT2D eigenvalue weighted by molar-refractivity contribution is 7.92. The average molecular weight is 173 g/mol. The van der Waals surface area contributed by atoms with Gasteiger partial charge in [0.1, 0.15) is 11.7 Å². The minimum absolute atomic E-state index is 0.0308. The lowest BCUT2D eigenvalue weighted by molar-refractivity contribution is -0.119. The van der Waals surface area contributed by atoms with Crippen molar-refractivity contribution in [3.63, 3.8) is 0 Å². The van der Waals surface area contributed by atoms with Crippen LogP contribution in [0.15, 0.2) is 0 Å². The van der Waals surface area contributed by atoms with Crippen LogP contribution in [0.25, 0.3) is 0 Å². The SMILES string of the molecule is N#CC1CCS(=O)(=O)CC1=O. The highest BCUT2D eigenvalue weighted by atomic mass is 32.2. The molecule has 5 heteroatoms. The van der Waals surface area contributed by atoms with Gasteiger partial charge in [0, 0.05) is 0 Å². The molecule has 0 N–H and O–H groups in total. The summed E-state index contributed by atoms with van der Waals surface area (Å²) in [6.45, 7) is 0. The lowest BCUT2D eigenvalue weighted by Crippen LogP contribution is -2.32. The zero-order valence-corrected chi connectivity index (χ0v) is 6.60. The van der Waals surface area contributed by atoms with Crippen LogP contribution in [0, 0.1) is 17.2 Å². The first-order chi connectivity index (χ1) is 5.05. The third-order valence-electron chi connectivity index (χ3n) is 1.62. The molecule has 60 valence electrons. The smallest absolute Gasteiger partial charge is 0.164 e. The standard InChI is InChI=1S/C6H7NO3S/c7-3-5-1-2-11(9,10)4-6(5)8/h5H,1-2,4H2. The van der Waals surface area contributed by atoms with Gasteiger partial charge in [0.25, 0.3) is 0 Å². The molecule has 1 rings (SSSR count). The maximum atomic E-state index is 10.8. The molecule has 0 radical (unpaired) electrons. The Morgan fingerprint density at radius 2 is 2.18 bits per heavy atom. The second-order valence-electron chi connectivity index (χ2n) is 2.53. The van der Waals surface area contributed by atoms with Crippen molar-refractivity contribution in [2.45, 2.75) is 6.42 Å². The summed E-state index contributed by atoms with van der Waals surface area (Å²) in [5, 5.41) is 8.37. The topological polar surface area (TPSA) is 75.0 Å². The van der Waals surface area contributed by atoms with Gasteiger partial charge in [-0.3, -0.25) is 4.79 Å². The van der Waals surface area contributed by atoms with E-state index in [0.29, 0.717) is 0 Å². The van der Waals surface area contributed by atoms with Gasteiger partial charge in [0.2, 0.25) is 0 Å². The molecule has 1 saturated heterocycles. The lowest BCUT2D eigenvalue weighted by atomic mass is 10.0. The molecule has 0 aromatic heterocycles. The number of nitrogens with zero attached hydrogens (tertiary/aromatic N) is 1. The maximum absolute atomic E-state index is 10.8. The van der Waals surface area contributed by atoms with Crippen molar-refractivity contribution in [2.75, 3.05) is 11.5 Å². The van der Waals surface area contributed by atoms with Crippen LogP contribution in [-0.2, 0) is 14.6 Å². The van der Waals surface area contributed by atoms with E-state index in [2.05, 4.69) is 0 Å². The Labute approximate surface area is 64.7 Å². The van der Waals surface area contributed by atoms with E-state index in [0.717, 1.165) is 0 Å². The quantitative estimate of drug-likeness (QED) is 0.495. The Kier molecular flexibility index (Phi) is 1.96. The number of hydrogen-bond acceptors (Lipinski definition) is 4. The maximum Gasteiger partial charge on any atom is 0.164 e. The Hall–Kier alpha value is -0.890. The fourth-order valence-corrected chi connectivity index (χ4v) is 2.36. The number of ketones is 1. The van der Waals surface area contributed by atoms with Crippen molar-refractivity contribution in [1.82, 2.24) is 0 Å². The van der Waals surface area contributed by atoms with Crippen molar-refractivity contribution in [3.8, 4) is 6.07 Å². The molecule has 1 aliphatic rings. The molecule has 0 amide bonds. The van der Waals surface area contributed by atoms with Crippen molar-refractivity contribution < 1.29 is 13.2 Å². The fourth-order valence-electron chi connectivity index (χ4n) is 0.984. The van der Waals surface area contributed by atoms with E-state index in [1.165, 1.54) is 0 Å². The summed E-state index contributed by atoms with van der Waals surface area (Å²) in [5.41, 5.74) is 0. The zero-order chi connectivity index (χ0) is 8.48. The second kappa shape index (κ2) is 2.62. The normalized spacial score (nSPS) is 29.4. The monoisotopic (exact) mass is 173 g/mol. The van der Waals surface area contributed by atoms with Gasteiger partial charge in [-0.1, -0.05) is 0 Å². The molecule has 0 aliphatic carbocycles. The van der Waals surface area contributed by atoms with E-state index in [9.17, 15) is 13.2 Å². The highest BCUT2D eigenvalue weighted by Gasteiger charge is 2.30. The van der Waals surface area contributed by atoms with Crippen LogP contribution < -0.4 is 0 Å². The molecule has 11 heavy (non-hydrogen) atoms. The Morgan fingerprint density at radius 1 is 1.55 bits per heavy atom. The van der Waals surface area contributed by atoms with Crippen LogP contribution in [-0.4, -0.2) is 25.7 Å². The molecule has 0 spiro atoms. The Bertz CT molecular complexity index is 311. The van der Waals surface area contributed by atoms with Crippen LogP contribution in [0.4, 0.5) is 0 Å². The Balaban J connectivity index is 2.80. The molecule has 1 unspecified atom stereocenters. The summed E-state index contributed by atoms with van der Waals surface area (Å²) in [6.07, 6.45) is 0.164. The highest BCUT2D eigenvalue weighted by Crippen LogP contribution is 2.14. The number of nitriles is 1. The van der Waals surface area contributed by atoms with Gasteiger partial charge in [-0.2, -0.15) is 5.26 Å². The van der Waals surface area contributed by atoms with Gasteiger partial charge >= 0.3 is 0 Å². The number of carbonyl (C=O) groups excluding carboxylic acids is 1. The summed E-state index contributed by atoms with van der Waals surface area (Å²) in [6, 6.07) is 1.78. The molecule has 0 aromatic rings. The van der Waals surface area contributed by atoms with E-state index in [1.807, 2.05) is 0 Å². The van der Waals surface area contributed by atoms with Crippen LogP contribution >= 0.6 is 0 Å².